The molecule has 36 heteroatoms. The number of nitrogens with two attached hydrogens (primary N) is 3. The van der Waals surface area contributed by atoms with Gasteiger partial charge >= 0.3 is 0 Å². The molecular weight excluding hydrogens is 1570 g/mol. The number of aromatic amines is 2. The smallest absolute Gasteiger partial charge is 0.247 e. The van der Waals surface area contributed by atoms with Gasteiger partial charge < -0.3 is 90.6 Å². The number of likely N-dealkylation sites (tertiary alicyclic amines) is 1. The number of anilines is 7. The monoisotopic (exact) mass is 1670 g/mol. The maximum Gasteiger partial charge on any atom is 0.247 e. The van der Waals surface area contributed by atoms with Crippen molar-refractivity contribution in [2.24, 2.45) is 11.7 Å². The van der Waals surface area contributed by atoms with E-state index in [0.29, 0.717) is 50.6 Å². The van der Waals surface area contributed by atoms with Crippen molar-refractivity contribution < 1.29 is 57.8 Å². The zero-order valence-corrected chi connectivity index (χ0v) is 68.9. The SMILES string of the molecule is CC(=O)N[C@H](Cc1ccc2ccccc2c1)C(=O)N[C@H](Cc1ccc(Cl)cc1)C(=O)N[C@H](Cc1cccnc1)C(=O)N[C@@H](CO)C(=O)N(C)[C@@H](Cc1ccc(Nc2nc(N)n[nH]2)cc1)C(=O)N[C@H](Cc1ccc(Nc2nc(N)n[nH]2)cc1)C(=O)N[C@@H](CC(C)C)C(=O)N[C@@H](CCc1ccc(NC(C)C)cc1)C(=O)N1CCC[C@H]1C(=O)N[C@H](C)C(N)=O. The molecule has 0 bridgehead atoms. The van der Waals surface area contributed by atoms with E-state index < -0.39 is 132 Å². The Balaban J connectivity index is 0.950. The average molecular weight is 1680 g/mol. The molecule has 0 spiro atoms. The topological polar surface area (TPSA) is 521 Å². The first-order chi connectivity index (χ1) is 57.9. The molecule has 0 unspecified atom stereocenters. The summed E-state index contributed by atoms with van der Waals surface area (Å²) in [6.45, 7) is 9.41. The highest BCUT2D eigenvalue weighted by Gasteiger charge is 2.41. The number of hydrogen-bond acceptors (Lipinski definition) is 22. The second kappa shape index (κ2) is 42.7. The number of nitrogens with one attached hydrogen (secondary N) is 13. The number of hydrogen-bond donors (Lipinski definition) is 17. The van der Waals surface area contributed by atoms with Crippen molar-refractivity contribution in [1.82, 2.24) is 87.7 Å². The quantitative estimate of drug-likeness (QED) is 0.0257. The van der Waals surface area contributed by atoms with Gasteiger partial charge in [0.05, 0.1) is 6.61 Å². The Morgan fingerprint density at radius 3 is 1.54 bits per heavy atom. The van der Waals surface area contributed by atoms with Crippen molar-refractivity contribution in [2.75, 3.05) is 47.6 Å². The van der Waals surface area contributed by atoms with Crippen LogP contribution in [0.1, 0.15) is 101 Å². The van der Waals surface area contributed by atoms with Crippen LogP contribution in [-0.2, 0) is 91.3 Å². The fourth-order valence-corrected chi connectivity index (χ4v) is 14.1. The van der Waals surface area contributed by atoms with Gasteiger partial charge in [-0.3, -0.25) is 57.7 Å². The normalized spacial score (nSPS) is 14.7. The van der Waals surface area contributed by atoms with Crippen molar-refractivity contribution >= 4 is 128 Å². The average Bonchev–Trinajstić information content (AvgIpc) is 1.72. The maximum atomic E-state index is 15.8. The van der Waals surface area contributed by atoms with Crippen LogP contribution >= 0.6 is 11.6 Å². The van der Waals surface area contributed by atoms with E-state index in [1.165, 1.54) is 38.2 Å². The summed E-state index contributed by atoms with van der Waals surface area (Å²) in [5.74, 6) is -8.61. The van der Waals surface area contributed by atoms with Crippen molar-refractivity contribution in [2.45, 2.75) is 172 Å². The summed E-state index contributed by atoms with van der Waals surface area (Å²) in [5, 5.41) is 58.3. The van der Waals surface area contributed by atoms with Crippen LogP contribution in [-0.4, -0.2) is 202 Å². The summed E-state index contributed by atoms with van der Waals surface area (Å²) in [4.78, 5) is 175. The molecule has 1 fully saturated rings. The summed E-state index contributed by atoms with van der Waals surface area (Å²) in [5.41, 5.74) is 22.4. The summed E-state index contributed by atoms with van der Waals surface area (Å²) in [7, 11) is 1.26. The molecule has 121 heavy (non-hydrogen) atoms. The predicted molar refractivity (Wildman–Crippen MR) is 457 cm³/mol. The lowest BCUT2D eigenvalue weighted by atomic mass is 9.98. The Morgan fingerprint density at radius 2 is 1.02 bits per heavy atom. The van der Waals surface area contributed by atoms with Crippen LogP contribution in [0, 0.1) is 5.92 Å². The highest BCUT2D eigenvalue weighted by atomic mass is 35.5. The number of aliphatic hydroxyl groups is 1. The van der Waals surface area contributed by atoms with Crippen LogP contribution in [0.25, 0.3) is 10.8 Å². The van der Waals surface area contributed by atoms with Crippen molar-refractivity contribution in [3.05, 3.63) is 202 Å². The predicted octanol–water partition coefficient (Wildman–Crippen LogP) is 4.00. The molecular formula is C85H104ClN23O12. The zero-order chi connectivity index (χ0) is 87.0. The van der Waals surface area contributed by atoms with Crippen LogP contribution in [0.5, 0.6) is 0 Å². The molecule has 1 saturated heterocycles. The standard InChI is InChI=1S/C85H104ClN23O12/c1-47(2)38-64(73(113)96-63(35-25-51-19-29-60(30-20-51)91-48(3)4)81(121)109-37-11-15-70(109)78(118)92-49(5)72(87)112)97-76(116)67(41-53-21-31-61(32-22-53)94-84-102-82(88)104-106-84)100-79(119)71(44-54-23-33-62(34-24-54)95-85-103-83(89)105-107-85)108(7)80(120)69(46-110)101-77(117)68(43-56-12-10-36-90-45-56)99-75(115)66(40-52-17-27-59(86)28-18-52)98-74(114)65(93-50(6)111)42-55-16-26-57-13-8-9-14-58(57)39-55/h8-10,12-14,16-24,26-34,36,39,45,47-49,63-71,91,110H,11,15,25,35,37-38,40-44,46H2,1-7H3,(H2,87,112)(H,92,118)(H,93,111)(H,96,113)(H,97,116)(H,98,114)(H,99,115)(H,100,119)(H,101,117)(H4,88,94,102,104,106)(H4,89,95,103,105,107)/t49-,63+,64+,65-,66-,67-,68-,69+,70+,71+/m1/s1. The van der Waals surface area contributed by atoms with Gasteiger partial charge in [0.2, 0.25) is 88.8 Å². The maximum absolute atomic E-state index is 15.8. The number of carbonyl (C=O) groups is 11. The molecule has 10 atom stereocenters. The molecule has 11 amide bonds. The van der Waals surface area contributed by atoms with E-state index in [9.17, 15) is 24.3 Å². The second-order valence-corrected chi connectivity index (χ2v) is 31.1. The van der Waals surface area contributed by atoms with Gasteiger partial charge in [0.1, 0.15) is 60.4 Å². The van der Waals surface area contributed by atoms with Gasteiger partial charge in [-0.25, -0.2) is 10.2 Å². The van der Waals surface area contributed by atoms with Crippen LogP contribution in [0.15, 0.2) is 164 Å². The number of likely N-dealkylation sites (N-methyl/N-ethyl adjacent to an activating group) is 1. The van der Waals surface area contributed by atoms with E-state index in [2.05, 4.69) is 93.8 Å². The molecule has 10 rings (SSSR count). The van der Waals surface area contributed by atoms with Crippen LogP contribution in [0.4, 0.5) is 40.9 Å². The Bertz CT molecular complexity index is 5080. The second-order valence-electron chi connectivity index (χ2n) is 30.7. The van der Waals surface area contributed by atoms with E-state index in [0.717, 1.165) is 26.9 Å². The van der Waals surface area contributed by atoms with E-state index in [1.807, 2.05) is 94.4 Å². The third-order valence-corrected chi connectivity index (χ3v) is 20.5. The first kappa shape index (κ1) is 89.8. The molecule has 0 aliphatic carbocycles. The fraction of sp³-hybridized carbons (Fsp3) is 0.365. The van der Waals surface area contributed by atoms with Crippen molar-refractivity contribution in [1.29, 1.82) is 0 Å². The lowest BCUT2D eigenvalue weighted by molar-refractivity contribution is -0.144. The molecule has 35 nitrogen and oxygen atoms in total. The number of nitrogens with zero attached hydrogens (tertiary/aromatic N) is 7. The van der Waals surface area contributed by atoms with E-state index in [1.54, 1.807) is 84.9 Å². The number of aliphatic hydroxyl groups excluding tert-OH is 1. The first-order valence-corrected chi connectivity index (χ1v) is 40.2. The van der Waals surface area contributed by atoms with E-state index in [4.69, 9.17) is 28.8 Å². The number of rotatable bonds is 41. The number of nitrogen functional groups attached to an aromatic ring is 2. The number of carbonyl (C=O) groups excluding carboxylic acids is 11. The Hall–Kier alpha value is -13.6. The molecule has 6 aromatic carbocycles. The zero-order valence-electron chi connectivity index (χ0n) is 68.2. The number of benzene rings is 6. The molecule has 638 valence electrons. The number of H-pyrrole nitrogens is 2. The molecule has 0 saturated carbocycles. The lowest BCUT2D eigenvalue weighted by Gasteiger charge is -2.33. The molecule has 4 heterocycles. The van der Waals surface area contributed by atoms with Gasteiger partial charge in [-0.15, -0.1) is 10.2 Å². The van der Waals surface area contributed by atoms with Crippen LogP contribution in [0.3, 0.4) is 0 Å². The Labute approximate surface area is 704 Å². The number of amides is 11. The molecule has 1 aliphatic rings. The van der Waals surface area contributed by atoms with Crippen molar-refractivity contribution in [3.63, 3.8) is 0 Å². The van der Waals surface area contributed by atoms with Gasteiger partial charge in [-0.05, 0) is 158 Å². The minimum atomic E-state index is -1.85. The number of primary amides is 1. The Morgan fingerprint density at radius 1 is 0.537 bits per heavy atom. The minimum absolute atomic E-state index is 0.000457. The van der Waals surface area contributed by atoms with Gasteiger partial charge in [-0.2, -0.15) is 9.97 Å². The number of pyridine rings is 1. The molecule has 20 N–H and O–H groups in total. The van der Waals surface area contributed by atoms with E-state index >= 15 is 33.6 Å². The fourth-order valence-electron chi connectivity index (χ4n) is 14.0. The molecule has 9 aromatic rings. The van der Waals surface area contributed by atoms with E-state index in [-0.39, 0.29) is 100 Å². The molecule has 0 radical (unpaired) electrons. The summed E-state index contributed by atoms with van der Waals surface area (Å²) >= 11 is 6.30. The van der Waals surface area contributed by atoms with Crippen LogP contribution in [0.2, 0.25) is 5.02 Å². The lowest BCUT2D eigenvalue weighted by Crippen LogP contribution is -2.62. The minimum Gasteiger partial charge on any atom is -0.394 e. The first-order valence-electron chi connectivity index (χ1n) is 39.8. The number of halogens is 1. The van der Waals surface area contributed by atoms with Gasteiger partial charge in [-0.1, -0.05) is 123 Å². The van der Waals surface area contributed by atoms with Crippen LogP contribution < -0.4 is 75.7 Å². The Kier molecular flexibility index (Phi) is 31.7. The molecule has 3 aromatic heterocycles. The summed E-state index contributed by atoms with van der Waals surface area (Å²) in [6.07, 6.45) is 3.02. The van der Waals surface area contributed by atoms with Gasteiger partial charge in [0, 0.05) is 93.1 Å². The third kappa shape index (κ3) is 26.5. The van der Waals surface area contributed by atoms with Gasteiger partial charge in [0.25, 0.3) is 0 Å². The van der Waals surface area contributed by atoms with Crippen molar-refractivity contribution in [3.8, 4) is 0 Å². The summed E-state index contributed by atoms with van der Waals surface area (Å²) < 4.78 is 0. The number of aromatic nitrogens is 7. The third-order valence-electron chi connectivity index (χ3n) is 20.3. The largest absolute Gasteiger partial charge is 0.394 e. The highest BCUT2D eigenvalue weighted by molar-refractivity contribution is 6.30. The molecule has 1 aliphatic heterocycles. The van der Waals surface area contributed by atoms with Gasteiger partial charge in [0.15, 0.2) is 0 Å². The number of fused-ring (bicyclic) bond motifs is 1. The highest BCUT2D eigenvalue weighted by Crippen LogP contribution is 2.25. The summed E-state index contributed by atoms with van der Waals surface area (Å²) in [6, 6.07) is 30.1. The number of aryl methyl sites for hydroxylation is 1.